The maximum absolute atomic E-state index is 11.9. The Morgan fingerprint density at radius 3 is 2.29 bits per heavy atom. The zero-order chi connectivity index (χ0) is 36.6. The van der Waals surface area contributed by atoms with E-state index in [1.54, 1.807) is 0 Å². The van der Waals surface area contributed by atoms with E-state index >= 15 is 0 Å². The van der Waals surface area contributed by atoms with Crippen LogP contribution in [0.2, 0.25) is 0 Å². The molecule has 0 spiro atoms. The molecular weight excluding hydrogens is 664 g/mol. The number of aliphatic hydroxyl groups is 8. The van der Waals surface area contributed by atoms with Gasteiger partial charge in [0.15, 0.2) is 18.4 Å². The molecule has 294 valence electrons. The predicted molar refractivity (Wildman–Crippen MR) is 180 cm³/mol. The molecule has 1 unspecified atom stereocenters. The van der Waals surface area contributed by atoms with Crippen LogP contribution in [0.4, 0.5) is 0 Å². The number of hydrogen-bond acceptors (Lipinski definition) is 13. The van der Waals surface area contributed by atoms with E-state index in [2.05, 4.69) is 20.8 Å². The number of rotatable bonds is 9. The van der Waals surface area contributed by atoms with Gasteiger partial charge in [0.25, 0.3) is 0 Å². The van der Waals surface area contributed by atoms with Gasteiger partial charge in [0.05, 0.1) is 32.0 Å². The van der Waals surface area contributed by atoms with Gasteiger partial charge in [-0.2, -0.15) is 0 Å². The molecule has 7 rings (SSSR count). The monoisotopic (exact) mass is 728 g/mol. The fourth-order valence-electron chi connectivity index (χ4n) is 12.4. The van der Waals surface area contributed by atoms with Crippen LogP contribution in [0.1, 0.15) is 91.9 Å². The van der Waals surface area contributed by atoms with Crippen LogP contribution in [0.15, 0.2) is 0 Å². The van der Waals surface area contributed by atoms with Crippen molar-refractivity contribution < 1.29 is 64.5 Å². The van der Waals surface area contributed by atoms with E-state index < -0.39 is 67.7 Å². The van der Waals surface area contributed by atoms with E-state index in [1.807, 2.05) is 6.92 Å². The van der Waals surface area contributed by atoms with Crippen molar-refractivity contribution in [2.45, 2.75) is 165 Å². The number of hydrogen-bond donors (Lipinski definition) is 8. The number of aliphatic hydroxyl groups excluding tert-OH is 7. The molecule has 3 heterocycles. The Labute approximate surface area is 301 Å². The van der Waals surface area contributed by atoms with Crippen LogP contribution in [0.25, 0.3) is 0 Å². The minimum Gasteiger partial charge on any atom is -0.394 e. The van der Waals surface area contributed by atoms with Gasteiger partial charge in [-0.15, -0.1) is 0 Å². The second-order valence-corrected chi connectivity index (χ2v) is 18.2. The summed E-state index contributed by atoms with van der Waals surface area (Å²) in [5.41, 5.74) is 0.274. The Hall–Kier alpha value is -0.520. The smallest absolute Gasteiger partial charge is 0.186 e. The molecule has 13 heteroatoms. The van der Waals surface area contributed by atoms with Gasteiger partial charge in [0.2, 0.25) is 0 Å². The summed E-state index contributed by atoms with van der Waals surface area (Å²) in [5, 5.41) is 82.4. The van der Waals surface area contributed by atoms with Crippen molar-refractivity contribution in [3.8, 4) is 0 Å². The van der Waals surface area contributed by atoms with Gasteiger partial charge >= 0.3 is 0 Å². The van der Waals surface area contributed by atoms with Crippen molar-refractivity contribution in [2.24, 2.45) is 52.3 Å². The second kappa shape index (κ2) is 14.5. The molecule has 4 aliphatic carbocycles. The van der Waals surface area contributed by atoms with Crippen LogP contribution in [0.5, 0.6) is 0 Å². The average Bonchev–Trinajstić information content (AvgIpc) is 3.54. The molecule has 7 fully saturated rings. The quantitative estimate of drug-likeness (QED) is 0.156. The standard InChI is InChI=1S/C38H64O13/c1-18(16-47-34-32(44)29(41)25(40)17-48-34)7-12-38(46)19(2)28-26(51-38)14-24-22-6-5-20-13-21(8-10-36(20,3)23(22)9-11-37(24,28)4)49-35-33(45)31(43)30(42)27(15-39)50-35/h18-35,39-46H,5-17H2,1-4H3/t18-,19-,20+,21-,22+,23-,24-,25+,26-,27+,28-,29-,30-,31-,32+,33+,34+,35+,36-,37-,38?/m0/s1. The first kappa shape index (κ1) is 38.7. The lowest BCUT2D eigenvalue weighted by Gasteiger charge is -2.61. The molecule has 3 saturated heterocycles. The van der Waals surface area contributed by atoms with E-state index in [-0.39, 0.29) is 54.0 Å². The molecule has 51 heavy (non-hydrogen) atoms. The molecule has 3 aliphatic heterocycles. The molecule has 7 aliphatic rings. The van der Waals surface area contributed by atoms with E-state index in [1.165, 1.54) is 0 Å². The highest BCUT2D eigenvalue weighted by Crippen LogP contribution is 2.71. The van der Waals surface area contributed by atoms with E-state index in [0.29, 0.717) is 36.5 Å². The molecule has 0 bridgehead atoms. The highest BCUT2D eigenvalue weighted by Gasteiger charge is 2.68. The fraction of sp³-hybridized carbons (Fsp3) is 1.00. The molecule has 0 aromatic carbocycles. The summed E-state index contributed by atoms with van der Waals surface area (Å²) in [6, 6.07) is 0. The van der Waals surface area contributed by atoms with Gasteiger partial charge in [-0.25, -0.2) is 0 Å². The van der Waals surface area contributed by atoms with Crippen molar-refractivity contribution in [1.29, 1.82) is 0 Å². The highest BCUT2D eigenvalue weighted by atomic mass is 16.7. The summed E-state index contributed by atoms with van der Waals surface area (Å²) in [6.45, 7) is 8.84. The van der Waals surface area contributed by atoms with Crippen LogP contribution < -0.4 is 0 Å². The van der Waals surface area contributed by atoms with Gasteiger partial charge < -0.3 is 64.5 Å². The Balaban J connectivity index is 0.935. The van der Waals surface area contributed by atoms with Crippen LogP contribution in [0.3, 0.4) is 0 Å². The lowest BCUT2D eigenvalue weighted by atomic mass is 9.44. The first-order chi connectivity index (χ1) is 24.1. The molecular formula is C38H64O13. The summed E-state index contributed by atoms with van der Waals surface area (Å²) >= 11 is 0. The molecule has 8 N–H and O–H groups in total. The summed E-state index contributed by atoms with van der Waals surface area (Å²) in [5.74, 6) is 1.35. The highest BCUT2D eigenvalue weighted by molar-refractivity contribution is 5.15. The summed E-state index contributed by atoms with van der Waals surface area (Å²) in [6.07, 6.45) is -1.79. The molecule has 0 radical (unpaired) electrons. The lowest BCUT2D eigenvalue weighted by molar-refractivity contribution is -0.316. The topological polar surface area (TPSA) is 208 Å². The van der Waals surface area contributed by atoms with Gasteiger partial charge in [-0.05, 0) is 104 Å². The minimum atomic E-state index is -1.44. The normalized spacial score (nSPS) is 56.1. The van der Waals surface area contributed by atoms with Gasteiger partial charge in [-0.3, -0.25) is 0 Å². The van der Waals surface area contributed by atoms with E-state index in [4.69, 9.17) is 23.7 Å². The second-order valence-electron chi connectivity index (χ2n) is 18.2. The maximum atomic E-state index is 11.9. The third-order valence-electron chi connectivity index (χ3n) is 15.5. The molecule has 21 atom stereocenters. The zero-order valence-corrected chi connectivity index (χ0v) is 30.7. The zero-order valence-electron chi connectivity index (χ0n) is 30.7. The van der Waals surface area contributed by atoms with Crippen LogP contribution in [0, 0.1) is 52.3 Å². The van der Waals surface area contributed by atoms with Crippen molar-refractivity contribution in [3.05, 3.63) is 0 Å². The molecule has 0 amide bonds. The third kappa shape index (κ3) is 6.65. The Kier molecular flexibility index (Phi) is 11.0. The first-order valence-electron chi connectivity index (χ1n) is 19.7. The molecule has 4 saturated carbocycles. The van der Waals surface area contributed by atoms with Crippen LogP contribution in [-0.4, -0.2) is 134 Å². The maximum Gasteiger partial charge on any atom is 0.186 e. The van der Waals surface area contributed by atoms with Crippen molar-refractivity contribution in [1.82, 2.24) is 0 Å². The van der Waals surface area contributed by atoms with Gasteiger partial charge in [-0.1, -0.05) is 27.7 Å². The van der Waals surface area contributed by atoms with E-state index in [9.17, 15) is 40.9 Å². The van der Waals surface area contributed by atoms with Crippen molar-refractivity contribution >= 4 is 0 Å². The average molecular weight is 729 g/mol. The summed E-state index contributed by atoms with van der Waals surface area (Å²) in [4.78, 5) is 0. The Morgan fingerprint density at radius 2 is 1.55 bits per heavy atom. The lowest BCUT2D eigenvalue weighted by Crippen LogP contribution is -2.60. The number of fused-ring (bicyclic) bond motifs is 7. The molecule has 0 aromatic heterocycles. The van der Waals surface area contributed by atoms with Gasteiger partial charge in [0.1, 0.15) is 42.7 Å². The van der Waals surface area contributed by atoms with Gasteiger partial charge in [0, 0.05) is 12.3 Å². The summed E-state index contributed by atoms with van der Waals surface area (Å²) in [7, 11) is 0. The van der Waals surface area contributed by atoms with Crippen LogP contribution in [-0.2, 0) is 23.7 Å². The molecule has 0 aromatic rings. The first-order valence-corrected chi connectivity index (χ1v) is 19.7. The predicted octanol–water partition coefficient (Wildman–Crippen LogP) is 1.04. The summed E-state index contributed by atoms with van der Waals surface area (Å²) < 4.78 is 29.7. The fourth-order valence-corrected chi connectivity index (χ4v) is 12.4. The third-order valence-corrected chi connectivity index (χ3v) is 15.5. The van der Waals surface area contributed by atoms with Crippen LogP contribution >= 0.6 is 0 Å². The van der Waals surface area contributed by atoms with Crippen molar-refractivity contribution in [2.75, 3.05) is 19.8 Å². The van der Waals surface area contributed by atoms with E-state index in [0.717, 1.165) is 51.4 Å². The van der Waals surface area contributed by atoms with Crippen molar-refractivity contribution in [3.63, 3.8) is 0 Å². The minimum absolute atomic E-state index is 0.00997. The Morgan fingerprint density at radius 1 is 0.824 bits per heavy atom. The Bertz CT molecular complexity index is 1210. The SMILES string of the molecule is C[C@@H](CCC1(O)O[C@H]2C[C@H]3[C@@H]4CC[C@@H]5C[C@@H](O[C@@H]6O[C@H](CO)[C@H](O)[C@H](O)[C@H]6O)CC[C@]5(C)[C@H]4CC[C@]3(C)[C@H]2[C@@H]1C)CO[C@@H]1OC[C@@H](O)[C@H](O)[C@H]1O. The number of ether oxygens (including phenoxy) is 5. The largest absolute Gasteiger partial charge is 0.394 e. The molecule has 13 nitrogen and oxygen atoms in total.